The molecular weight excluding hydrogens is 485 g/mol. The van der Waals surface area contributed by atoms with Crippen molar-refractivity contribution in [2.75, 3.05) is 24.2 Å². The van der Waals surface area contributed by atoms with E-state index in [1.165, 1.54) is 23.7 Å². The van der Waals surface area contributed by atoms with Crippen molar-refractivity contribution in [2.24, 2.45) is 0 Å². The fourth-order valence-electron chi connectivity index (χ4n) is 3.68. The Bertz CT molecular complexity index is 1010. The van der Waals surface area contributed by atoms with E-state index in [0.717, 1.165) is 30.6 Å². The number of ether oxygens (including phenoxy) is 1. The van der Waals surface area contributed by atoms with Gasteiger partial charge in [0.25, 0.3) is 6.43 Å². The Hall–Kier alpha value is -2.30. The smallest absolute Gasteiger partial charge is 0.368 e. The number of para-hydroxylation sites is 1. The summed E-state index contributed by atoms with van der Waals surface area (Å²) in [7, 11) is 0. The van der Waals surface area contributed by atoms with E-state index in [9.17, 15) is 18.0 Å². The third-order valence-corrected chi connectivity index (χ3v) is 7.29. The quantitative estimate of drug-likeness (QED) is 0.160. The van der Waals surface area contributed by atoms with Crippen molar-refractivity contribution in [3.63, 3.8) is 0 Å². The molecule has 1 N–H and O–H groups in total. The summed E-state index contributed by atoms with van der Waals surface area (Å²) in [5.41, 5.74) is 1.76. The Morgan fingerprint density at radius 2 is 2.06 bits per heavy atom. The molecule has 1 unspecified atom stereocenters. The molecule has 10 heteroatoms. The van der Waals surface area contributed by atoms with Gasteiger partial charge in [0.15, 0.2) is 0 Å². The molecule has 3 rings (SSSR count). The molecular formula is C24H27F3N2O3S2. The number of carboxylic acid groups (broad SMARTS) is 1. The lowest BCUT2D eigenvalue weighted by Gasteiger charge is -2.31. The van der Waals surface area contributed by atoms with E-state index < -0.39 is 24.8 Å². The lowest BCUT2D eigenvalue weighted by molar-refractivity contribution is -0.134. The highest BCUT2D eigenvalue weighted by atomic mass is 32.2. The number of alkyl halides is 2. The number of carboxylic acids is 1. The first kappa shape index (κ1) is 26.3. The number of aliphatic carboxylic acids is 1. The number of halogens is 3. The molecule has 5 nitrogen and oxygen atoms in total. The van der Waals surface area contributed by atoms with Gasteiger partial charge in [-0.3, -0.25) is 0 Å². The van der Waals surface area contributed by atoms with Crippen LogP contribution in [0.3, 0.4) is 0 Å². The molecule has 0 aromatic heterocycles. The molecule has 0 saturated heterocycles. The predicted octanol–water partition coefficient (Wildman–Crippen LogP) is 6.97. The van der Waals surface area contributed by atoms with Gasteiger partial charge < -0.3 is 14.7 Å². The number of anilines is 2. The fourth-order valence-corrected chi connectivity index (χ4v) is 5.40. The lowest BCUT2D eigenvalue weighted by Crippen LogP contribution is -2.39. The van der Waals surface area contributed by atoms with Crippen molar-refractivity contribution in [1.82, 2.24) is 4.31 Å². The normalized spacial score (nSPS) is 16.9. The minimum atomic E-state index is -2.50. The standard InChI is InChI=1S/C24H27F3N2O3S2/c1-3-4-8-17-13-28(16-9-6-5-7-10-16)19-11-22(33-2)20(32-15-18(25)24(30)31)12-21(19)34-29(17)14-23(26)27/h5-7,9-12,15,17,23H,3-4,8,13-14H2,1-2H3,(H,30,31)/b18-15-. The zero-order valence-corrected chi connectivity index (χ0v) is 20.6. The van der Waals surface area contributed by atoms with E-state index in [0.29, 0.717) is 22.6 Å². The van der Waals surface area contributed by atoms with E-state index in [-0.39, 0.29) is 11.8 Å². The molecule has 2 aromatic rings. The zero-order valence-electron chi connectivity index (χ0n) is 18.9. The van der Waals surface area contributed by atoms with Gasteiger partial charge in [0.2, 0.25) is 5.83 Å². The van der Waals surface area contributed by atoms with E-state index in [4.69, 9.17) is 9.84 Å². The van der Waals surface area contributed by atoms with Crippen LogP contribution in [-0.2, 0) is 4.79 Å². The minimum Gasteiger partial charge on any atom is -0.476 e. The second-order valence-electron chi connectivity index (χ2n) is 7.68. The van der Waals surface area contributed by atoms with Crippen LogP contribution in [-0.4, -0.2) is 47.2 Å². The molecule has 1 atom stereocenters. The van der Waals surface area contributed by atoms with Crippen LogP contribution in [0.2, 0.25) is 0 Å². The third kappa shape index (κ3) is 6.64. The average molecular weight is 513 g/mol. The van der Waals surface area contributed by atoms with E-state index in [1.54, 1.807) is 10.4 Å². The number of thioether (sulfide) groups is 1. The fraction of sp³-hybridized carbons (Fsp3) is 0.375. The largest absolute Gasteiger partial charge is 0.476 e. The second kappa shape index (κ2) is 12.4. The summed E-state index contributed by atoms with van der Waals surface area (Å²) in [6.07, 6.45) is 2.50. The molecule has 0 fully saturated rings. The molecule has 1 heterocycles. The number of unbranched alkanes of at least 4 members (excludes halogenated alkanes) is 1. The third-order valence-electron chi connectivity index (χ3n) is 5.32. The van der Waals surface area contributed by atoms with Crippen molar-refractivity contribution >= 4 is 41.1 Å². The molecule has 0 bridgehead atoms. The number of hydrogen-bond acceptors (Lipinski definition) is 6. The lowest BCUT2D eigenvalue weighted by atomic mass is 10.1. The van der Waals surface area contributed by atoms with Crippen LogP contribution in [0.25, 0.3) is 0 Å². The maximum absolute atomic E-state index is 13.5. The highest BCUT2D eigenvalue weighted by molar-refractivity contribution is 7.98. The number of benzene rings is 2. The van der Waals surface area contributed by atoms with Gasteiger partial charge in [0.1, 0.15) is 12.0 Å². The number of rotatable bonds is 10. The number of carbonyl (C=O) groups is 1. The monoisotopic (exact) mass is 512 g/mol. The van der Waals surface area contributed by atoms with Crippen molar-refractivity contribution in [3.05, 3.63) is 54.6 Å². The Kier molecular flexibility index (Phi) is 9.61. The van der Waals surface area contributed by atoms with Gasteiger partial charge in [-0.1, -0.05) is 38.0 Å². The number of nitrogens with zero attached hydrogens (tertiary/aromatic N) is 2. The molecule has 0 aliphatic carbocycles. The molecule has 1 aliphatic rings. The van der Waals surface area contributed by atoms with Gasteiger partial charge >= 0.3 is 5.97 Å². The molecule has 2 aromatic carbocycles. The Labute approximate surface area is 206 Å². The molecule has 0 amide bonds. The van der Waals surface area contributed by atoms with Crippen LogP contribution in [0.1, 0.15) is 26.2 Å². The highest BCUT2D eigenvalue weighted by Gasteiger charge is 2.32. The van der Waals surface area contributed by atoms with Crippen molar-refractivity contribution in [2.45, 2.75) is 48.4 Å². The molecule has 0 radical (unpaired) electrons. The number of fused-ring (bicyclic) bond motifs is 1. The Morgan fingerprint density at radius 3 is 2.68 bits per heavy atom. The van der Waals surface area contributed by atoms with E-state index in [1.807, 2.05) is 42.7 Å². The predicted molar refractivity (Wildman–Crippen MR) is 131 cm³/mol. The molecule has 0 saturated carbocycles. The van der Waals surface area contributed by atoms with Crippen molar-refractivity contribution < 1.29 is 27.8 Å². The second-order valence-corrected chi connectivity index (χ2v) is 9.62. The molecule has 34 heavy (non-hydrogen) atoms. The minimum absolute atomic E-state index is 0.127. The summed E-state index contributed by atoms with van der Waals surface area (Å²) in [6, 6.07) is 13.1. The van der Waals surface area contributed by atoms with E-state index in [2.05, 4.69) is 11.8 Å². The van der Waals surface area contributed by atoms with Crippen molar-refractivity contribution in [1.29, 1.82) is 0 Å². The van der Waals surface area contributed by atoms with Gasteiger partial charge in [-0.05, 0) is 48.9 Å². The first-order chi connectivity index (χ1) is 16.3. The van der Waals surface area contributed by atoms with Crippen LogP contribution >= 0.6 is 23.7 Å². The first-order valence-electron chi connectivity index (χ1n) is 10.9. The van der Waals surface area contributed by atoms with Crippen molar-refractivity contribution in [3.8, 4) is 5.75 Å². The van der Waals surface area contributed by atoms with Crippen LogP contribution in [0.15, 0.2) is 64.3 Å². The maximum atomic E-state index is 13.5. The summed E-state index contributed by atoms with van der Waals surface area (Å²) in [4.78, 5) is 14.3. The van der Waals surface area contributed by atoms with E-state index >= 15 is 0 Å². The van der Waals surface area contributed by atoms with Gasteiger partial charge in [-0.15, -0.1) is 11.8 Å². The zero-order chi connectivity index (χ0) is 24.7. The maximum Gasteiger partial charge on any atom is 0.368 e. The van der Waals surface area contributed by atoms with Gasteiger partial charge in [0.05, 0.1) is 22.0 Å². The summed E-state index contributed by atoms with van der Waals surface area (Å²) < 4.78 is 47.7. The Morgan fingerprint density at radius 1 is 1.32 bits per heavy atom. The first-order valence-corrected chi connectivity index (χ1v) is 12.9. The van der Waals surface area contributed by atoms with Gasteiger partial charge in [-0.25, -0.2) is 17.9 Å². The van der Waals surface area contributed by atoms with Crippen LogP contribution < -0.4 is 9.64 Å². The Balaban J connectivity index is 2.11. The summed E-state index contributed by atoms with van der Waals surface area (Å²) in [5, 5.41) is 8.78. The topological polar surface area (TPSA) is 53.0 Å². The number of hydrogen-bond donors (Lipinski definition) is 1. The molecule has 184 valence electrons. The highest BCUT2D eigenvalue weighted by Crippen LogP contribution is 2.46. The van der Waals surface area contributed by atoms with Gasteiger partial charge in [0, 0.05) is 18.3 Å². The molecule has 0 spiro atoms. The van der Waals surface area contributed by atoms with Crippen LogP contribution in [0.4, 0.5) is 24.5 Å². The average Bonchev–Trinajstić information content (AvgIpc) is 2.96. The summed E-state index contributed by atoms with van der Waals surface area (Å²) >= 11 is 2.59. The van der Waals surface area contributed by atoms with Crippen LogP contribution in [0, 0.1) is 0 Å². The molecule has 1 aliphatic heterocycles. The summed E-state index contributed by atoms with van der Waals surface area (Å²) in [6.45, 7) is 2.20. The SMILES string of the molecule is CCCCC1CN(c2ccccc2)c2cc(SC)c(O/C=C(\F)C(=O)O)cc2SN1CC(F)F. The van der Waals surface area contributed by atoms with Gasteiger partial charge in [-0.2, -0.15) is 4.39 Å². The summed E-state index contributed by atoms with van der Waals surface area (Å²) in [5.74, 6) is -2.90. The van der Waals surface area contributed by atoms with Crippen LogP contribution in [0.5, 0.6) is 5.75 Å².